The maximum absolute atomic E-state index is 3.99. The summed E-state index contributed by atoms with van der Waals surface area (Å²) in [5.41, 5.74) is 0. The van der Waals surface area contributed by atoms with E-state index in [1.165, 1.54) is 5.30 Å². The van der Waals surface area contributed by atoms with E-state index in [2.05, 4.69) is 86.3 Å². The monoisotopic (exact) mass is 309 g/mol. The molecule has 0 spiro atoms. The molecule has 1 nitrogen and oxygen atoms in total. The van der Waals surface area contributed by atoms with E-state index in [4.69, 9.17) is 0 Å². The van der Waals surface area contributed by atoms with Crippen LogP contribution in [0.1, 0.15) is 0 Å². The Kier molecular flexibility index (Phi) is 5.75. The van der Waals surface area contributed by atoms with E-state index in [0.29, 0.717) is 0 Å². The van der Waals surface area contributed by atoms with Crippen LogP contribution in [-0.4, -0.2) is 26.6 Å². The molecule has 0 saturated carbocycles. The van der Waals surface area contributed by atoms with Gasteiger partial charge in [-0.15, -0.1) is 6.58 Å². The Morgan fingerprint density at radius 3 is 1.84 bits per heavy atom. The normalized spacial score (nSPS) is 14.5. The van der Waals surface area contributed by atoms with Crippen molar-refractivity contribution in [3.05, 3.63) is 43.0 Å². The summed E-state index contributed by atoms with van der Waals surface area (Å²) < 4.78 is 2.94. The quantitative estimate of drug-likeness (QED) is 0.412. The molecule has 19 heavy (non-hydrogen) atoms. The van der Waals surface area contributed by atoms with E-state index < -0.39 is 16.5 Å². The van der Waals surface area contributed by atoms with Crippen LogP contribution < -0.4 is 5.30 Å². The van der Waals surface area contributed by atoms with Crippen LogP contribution in [0.15, 0.2) is 43.0 Å². The molecule has 106 valence electrons. The zero-order valence-corrected chi connectivity index (χ0v) is 16.2. The third kappa shape index (κ3) is 4.68. The molecule has 1 aromatic carbocycles. The Balaban J connectivity index is 3.25. The molecule has 0 fully saturated rings. The Morgan fingerprint density at radius 1 is 1.00 bits per heavy atom. The Bertz CT molecular complexity index is 392. The minimum atomic E-state index is -1.33. The van der Waals surface area contributed by atoms with E-state index in [1.54, 1.807) is 0 Å². The first-order chi connectivity index (χ1) is 8.68. The summed E-state index contributed by atoms with van der Waals surface area (Å²) in [6, 6.07) is 11.0. The van der Waals surface area contributed by atoms with Gasteiger partial charge < -0.3 is 4.00 Å². The number of benzene rings is 1. The van der Waals surface area contributed by atoms with Gasteiger partial charge in [0, 0.05) is 6.16 Å². The van der Waals surface area contributed by atoms with E-state index >= 15 is 0 Å². The molecule has 4 heteroatoms. The van der Waals surface area contributed by atoms with Crippen LogP contribution in [0.3, 0.4) is 0 Å². The molecule has 0 amide bonds. The molecule has 0 saturated heterocycles. The fraction of sp³-hybridized carbons (Fsp3) is 0.467. The maximum Gasteiger partial charge on any atom is 0.116 e. The first kappa shape index (κ1) is 16.8. The minimum absolute atomic E-state index is 0.257. The van der Waals surface area contributed by atoms with E-state index in [1.807, 2.05) is 0 Å². The van der Waals surface area contributed by atoms with Gasteiger partial charge in [-0.25, -0.2) is 0 Å². The van der Waals surface area contributed by atoms with Crippen molar-refractivity contribution < 1.29 is 0 Å². The summed E-state index contributed by atoms with van der Waals surface area (Å²) in [7, 11) is -2.91. The lowest BCUT2D eigenvalue weighted by Crippen LogP contribution is -2.57. The molecule has 1 unspecified atom stereocenters. The van der Waals surface area contributed by atoms with Crippen LogP contribution in [-0.2, 0) is 0 Å². The van der Waals surface area contributed by atoms with Crippen molar-refractivity contribution in [1.29, 1.82) is 0 Å². The molecule has 1 aromatic rings. The number of nitrogens with zero attached hydrogens (tertiary/aromatic N) is 1. The highest BCUT2D eigenvalue weighted by molar-refractivity contribution is 7.67. The zero-order valence-electron chi connectivity index (χ0n) is 13.3. The van der Waals surface area contributed by atoms with Crippen LogP contribution in [0.25, 0.3) is 0 Å². The summed E-state index contributed by atoms with van der Waals surface area (Å²) in [5, 5.41) is 1.50. The highest BCUT2D eigenvalue weighted by Crippen LogP contribution is 2.46. The second kappa shape index (κ2) is 6.49. The highest BCUT2D eigenvalue weighted by atomic mass is 31.1. The molecule has 0 bridgehead atoms. The van der Waals surface area contributed by atoms with Crippen LogP contribution >= 0.6 is 8.07 Å². The maximum atomic E-state index is 3.99. The topological polar surface area (TPSA) is 3.24 Å². The first-order valence-electron chi connectivity index (χ1n) is 6.91. The third-order valence-corrected chi connectivity index (χ3v) is 16.5. The average Bonchev–Trinajstić information content (AvgIpc) is 2.26. The Morgan fingerprint density at radius 2 is 1.47 bits per heavy atom. The molecule has 0 heterocycles. The van der Waals surface area contributed by atoms with Crippen LogP contribution in [0, 0.1) is 0 Å². The van der Waals surface area contributed by atoms with Gasteiger partial charge in [-0.2, -0.15) is 0 Å². The second-order valence-electron chi connectivity index (χ2n) is 6.86. The first-order valence-corrected chi connectivity index (χ1v) is 15.3. The summed E-state index contributed by atoms with van der Waals surface area (Å²) >= 11 is 0. The van der Waals surface area contributed by atoms with Crippen molar-refractivity contribution >= 4 is 29.8 Å². The molecule has 0 N–H and O–H groups in total. The molecule has 0 radical (unpaired) electrons. The van der Waals surface area contributed by atoms with Crippen molar-refractivity contribution in [2.24, 2.45) is 0 Å². The van der Waals surface area contributed by atoms with Crippen molar-refractivity contribution in [2.45, 2.75) is 39.3 Å². The zero-order chi connectivity index (χ0) is 14.7. The Labute approximate surface area is 122 Å². The molecule has 1 atom stereocenters. The summed E-state index contributed by atoms with van der Waals surface area (Å²) in [6.45, 7) is 18.9. The molecular weight excluding hydrogens is 281 g/mol. The SMILES string of the molecule is C=CCP(c1ccccc1)N([Si](C)(C)C)[Si](C)(C)C. The number of rotatable bonds is 6. The average molecular weight is 310 g/mol. The van der Waals surface area contributed by atoms with Crippen LogP contribution in [0.4, 0.5) is 0 Å². The molecule has 0 aliphatic rings. The van der Waals surface area contributed by atoms with Gasteiger partial charge in [0.25, 0.3) is 0 Å². The molecule has 0 aliphatic heterocycles. The lowest BCUT2D eigenvalue weighted by molar-refractivity contribution is 0.974. The molecule has 0 aromatic heterocycles. The van der Waals surface area contributed by atoms with Crippen molar-refractivity contribution in [3.8, 4) is 0 Å². The largest absolute Gasteiger partial charge is 0.320 e. The number of hydrogen-bond donors (Lipinski definition) is 0. The lowest BCUT2D eigenvalue weighted by Gasteiger charge is -2.48. The van der Waals surface area contributed by atoms with Gasteiger partial charge >= 0.3 is 0 Å². The Hall–Kier alpha value is -0.216. The van der Waals surface area contributed by atoms with Gasteiger partial charge in [-0.05, 0) is 13.4 Å². The second-order valence-corrected chi connectivity index (χ2v) is 19.7. The molecular formula is C15H28NPSi2. The van der Waals surface area contributed by atoms with E-state index in [9.17, 15) is 0 Å². The smallest absolute Gasteiger partial charge is 0.116 e. The predicted molar refractivity (Wildman–Crippen MR) is 96.6 cm³/mol. The number of hydrogen-bond acceptors (Lipinski definition) is 1. The van der Waals surface area contributed by atoms with Gasteiger partial charge in [0.1, 0.15) is 16.5 Å². The van der Waals surface area contributed by atoms with Crippen molar-refractivity contribution in [1.82, 2.24) is 4.00 Å². The van der Waals surface area contributed by atoms with Crippen LogP contribution in [0.2, 0.25) is 39.3 Å². The fourth-order valence-corrected chi connectivity index (χ4v) is 19.1. The summed E-state index contributed by atoms with van der Waals surface area (Å²) in [4.78, 5) is 0. The minimum Gasteiger partial charge on any atom is -0.320 e. The standard InChI is InChI=1S/C15H28NPSi2/c1-8-14-17(15-12-10-9-11-13-15)16(18(2,3)4)19(5,6)7/h8-13H,1,14H2,2-7H3. The van der Waals surface area contributed by atoms with E-state index in [-0.39, 0.29) is 8.07 Å². The fourth-order valence-electron chi connectivity index (χ4n) is 2.76. The summed E-state index contributed by atoms with van der Waals surface area (Å²) in [5.74, 6) is 0. The van der Waals surface area contributed by atoms with Crippen LogP contribution in [0.5, 0.6) is 0 Å². The lowest BCUT2D eigenvalue weighted by atomic mass is 10.4. The van der Waals surface area contributed by atoms with Gasteiger partial charge in [0.15, 0.2) is 0 Å². The summed E-state index contributed by atoms with van der Waals surface area (Å²) in [6.07, 6.45) is 3.21. The number of allylic oxidation sites excluding steroid dienone is 1. The van der Waals surface area contributed by atoms with Gasteiger partial charge in [0.2, 0.25) is 0 Å². The highest BCUT2D eigenvalue weighted by Gasteiger charge is 2.39. The predicted octanol–water partition coefficient (Wildman–Crippen LogP) is 4.87. The van der Waals surface area contributed by atoms with Gasteiger partial charge in [-0.1, -0.05) is 75.7 Å². The van der Waals surface area contributed by atoms with Crippen molar-refractivity contribution in [2.75, 3.05) is 6.16 Å². The van der Waals surface area contributed by atoms with Crippen molar-refractivity contribution in [3.63, 3.8) is 0 Å². The molecule has 0 aliphatic carbocycles. The van der Waals surface area contributed by atoms with Gasteiger partial charge in [-0.3, -0.25) is 0 Å². The molecule has 1 rings (SSSR count). The van der Waals surface area contributed by atoms with Gasteiger partial charge in [0.05, 0.1) is 0 Å². The van der Waals surface area contributed by atoms with E-state index in [0.717, 1.165) is 6.16 Å². The third-order valence-electron chi connectivity index (χ3n) is 2.87.